The van der Waals surface area contributed by atoms with Crippen molar-refractivity contribution < 1.29 is 8.78 Å². The largest absolute Gasteiger partial charge is 0.314 e. The highest BCUT2D eigenvalue weighted by atomic mass is 19.2. The second-order valence-corrected chi connectivity index (χ2v) is 4.29. The van der Waals surface area contributed by atoms with Crippen molar-refractivity contribution in [3.63, 3.8) is 0 Å². The van der Waals surface area contributed by atoms with Gasteiger partial charge in [0.15, 0.2) is 11.6 Å². The van der Waals surface area contributed by atoms with Gasteiger partial charge in [0.05, 0.1) is 0 Å². The quantitative estimate of drug-likeness (QED) is 0.768. The van der Waals surface area contributed by atoms with E-state index in [4.69, 9.17) is 0 Å². The summed E-state index contributed by atoms with van der Waals surface area (Å²) in [6.45, 7) is 5.11. The molecule has 3 heteroatoms. The van der Waals surface area contributed by atoms with Crippen LogP contribution in [0, 0.1) is 11.6 Å². The van der Waals surface area contributed by atoms with E-state index < -0.39 is 11.6 Å². The van der Waals surface area contributed by atoms with Gasteiger partial charge in [-0.3, -0.25) is 0 Å². The molecule has 1 aromatic rings. The summed E-state index contributed by atoms with van der Waals surface area (Å²) in [4.78, 5) is 0. The van der Waals surface area contributed by atoms with Crippen LogP contribution >= 0.6 is 0 Å². The van der Waals surface area contributed by atoms with E-state index in [0.29, 0.717) is 18.0 Å². The maximum atomic E-state index is 13.4. The zero-order chi connectivity index (χ0) is 12.7. The van der Waals surface area contributed by atoms with Crippen LogP contribution in [0.2, 0.25) is 0 Å². The highest BCUT2D eigenvalue weighted by molar-refractivity contribution is 5.19. The highest BCUT2D eigenvalue weighted by Gasteiger charge is 2.10. The van der Waals surface area contributed by atoms with Crippen LogP contribution < -0.4 is 5.32 Å². The van der Waals surface area contributed by atoms with Gasteiger partial charge in [-0.1, -0.05) is 32.4 Å². The fraction of sp³-hybridized carbons (Fsp3) is 0.571. The number of halogens is 2. The first-order valence-electron chi connectivity index (χ1n) is 6.35. The van der Waals surface area contributed by atoms with E-state index in [-0.39, 0.29) is 0 Å². The number of aryl methyl sites for hydroxylation is 1. The van der Waals surface area contributed by atoms with Crippen molar-refractivity contribution in [1.82, 2.24) is 5.32 Å². The Kier molecular flexibility index (Phi) is 6.12. The number of hydrogen-bond acceptors (Lipinski definition) is 1. The predicted octanol–water partition coefficient (Wildman–Crippen LogP) is 3.68. The van der Waals surface area contributed by atoms with Gasteiger partial charge in [0.25, 0.3) is 0 Å². The fourth-order valence-corrected chi connectivity index (χ4v) is 2.06. The summed E-state index contributed by atoms with van der Waals surface area (Å²) in [6.07, 6.45) is 3.61. The molecule has 0 aromatic heterocycles. The predicted molar refractivity (Wildman–Crippen MR) is 67.1 cm³/mol. The highest BCUT2D eigenvalue weighted by Crippen LogP contribution is 2.15. The molecule has 0 amide bonds. The zero-order valence-corrected chi connectivity index (χ0v) is 10.6. The van der Waals surface area contributed by atoms with Crippen molar-refractivity contribution in [2.24, 2.45) is 0 Å². The summed E-state index contributed by atoms with van der Waals surface area (Å²) < 4.78 is 26.4. The molecule has 0 aliphatic carbocycles. The Balaban J connectivity index is 2.55. The molecule has 1 nitrogen and oxygen atoms in total. The Labute approximate surface area is 102 Å². The van der Waals surface area contributed by atoms with Crippen molar-refractivity contribution >= 4 is 0 Å². The zero-order valence-electron chi connectivity index (χ0n) is 10.6. The average Bonchev–Trinajstić information content (AvgIpc) is 2.31. The number of benzene rings is 1. The van der Waals surface area contributed by atoms with Gasteiger partial charge in [0.1, 0.15) is 0 Å². The van der Waals surface area contributed by atoms with Gasteiger partial charge in [-0.05, 0) is 37.4 Å². The third-order valence-corrected chi connectivity index (χ3v) is 2.92. The third kappa shape index (κ3) is 4.43. The molecule has 0 spiro atoms. The van der Waals surface area contributed by atoms with Crippen LogP contribution in [0.5, 0.6) is 0 Å². The van der Waals surface area contributed by atoms with Crippen molar-refractivity contribution in [3.05, 3.63) is 35.4 Å². The Hall–Kier alpha value is -0.960. The molecule has 0 aliphatic rings. The van der Waals surface area contributed by atoms with E-state index >= 15 is 0 Å². The Morgan fingerprint density at radius 1 is 1.18 bits per heavy atom. The van der Waals surface area contributed by atoms with Crippen LogP contribution in [0.1, 0.15) is 38.7 Å². The average molecular weight is 241 g/mol. The minimum atomic E-state index is -0.752. The molecule has 1 aromatic carbocycles. The van der Waals surface area contributed by atoms with Crippen molar-refractivity contribution in [2.75, 3.05) is 6.54 Å². The Morgan fingerprint density at radius 3 is 2.59 bits per heavy atom. The Bertz CT molecular complexity index is 333. The first-order chi connectivity index (χ1) is 8.19. The molecule has 1 N–H and O–H groups in total. The molecule has 0 fully saturated rings. The lowest BCUT2D eigenvalue weighted by Crippen LogP contribution is -2.29. The molecular formula is C14H21F2N. The topological polar surface area (TPSA) is 12.0 Å². The molecule has 96 valence electrons. The summed E-state index contributed by atoms with van der Waals surface area (Å²) in [6, 6.07) is 4.78. The summed E-state index contributed by atoms with van der Waals surface area (Å²) in [5, 5.41) is 3.37. The Morgan fingerprint density at radius 2 is 1.94 bits per heavy atom. The second kappa shape index (κ2) is 7.38. The minimum Gasteiger partial charge on any atom is -0.314 e. The van der Waals surface area contributed by atoms with Crippen molar-refractivity contribution in [1.29, 1.82) is 0 Å². The summed E-state index contributed by atoms with van der Waals surface area (Å²) >= 11 is 0. The minimum absolute atomic E-state index is 0.396. The SMILES string of the molecule is CCCC(CCc1cccc(F)c1F)NCC. The molecule has 17 heavy (non-hydrogen) atoms. The standard InChI is InChI=1S/C14H21F2N/c1-3-6-12(17-4-2)10-9-11-7-5-8-13(15)14(11)16/h5,7-8,12,17H,3-4,6,9-10H2,1-2H3. The van der Waals surface area contributed by atoms with Crippen LogP contribution in [0.3, 0.4) is 0 Å². The fourth-order valence-electron chi connectivity index (χ4n) is 2.06. The molecule has 0 radical (unpaired) electrons. The van der Waals surface area contributed by atoms with E-state index in [1.165, 1.54) is 0 Å². The van der Waals surface area contributed by atoms with E-state index in [1.807, 2.05) is 0 Å². The molecule has 0 saturated carbocycles. The van der Waals surface area contributed by atoms with Crippen LogP contribution in [0.4, 0.5) is 8.78 Å². The van der Waals surface area contributed by atoms with Gasteiger partial charge >= 0.3 is 0 Å². The van der Waals surface area contributed by atoms with Crippen LogP contribution in [0.25, 0.3) is 0 Å². The molecule has 0 bridgehead atoms. The van der Waals surface area contributed by atoms with Gasteiger partial charge in [-0.15, -0.1) is 0 Å². The third-order valence-electron chi connectivity index (χ3n) is 2.92. The number of hydrogen-bond donors (Lipinski definition) is 1. The molecule has 0 heterocycles. The lowest BCUT2D eigenvalue weighted by molar-refractivity contribution is 0.449. The maximum absolute atomic E-state index is 13.4. The van der Waals surface area contributed by atoms with Gasteiger partial charge in [-0.2, -0.15) is 0 Å². The molecule has 1 rings (SSSR count). The first kappa shape index (κ1) is 14.1. The normalized spacial score (nSPS) is 12.7. The first-order valence-corrected chi connectivity index (χ1v) is 6.35. The maximum Gasteiger partial charge on any atom is 0.162 e. The second-order valence-electron chi connectivity index (χ2n) is 4.29. The summed E-state index contributed by atoms with van der Waals surface area (Å²) in [7, 11) is 0. The molecule has 1 unspecified atom stereocenters. The molecule has 0 aliphatic heterocycles. The van der Waals surface area contributed by atoms with Crippen LogP contribution in [0.15, 0.2) is 18.2 Å². The van der Waals surface area contributed by atoms with Crippen molar-refractivity contribution in [3.8, 4) is 0 Å². The van der Waals surface area contributed by atoms with Gasteiger partial charge in [0.2, 0.25) is 0 Å². The summed E-state index contributed by atoms with van der Waals surface area (Å²) in [5.41, 5.74) is 0.476. The molecule has 0 saturated heterocycles. The molecule has 1 atom stereocenters. The lowest BCUT2D eigenvalue weighted by Gasteiger charge is -2.17. The van der Waals surface area contributed by atoms with Gasteiger partial charge < -0.3 is 5.32 Å². The van der Waals surface area contributed by atoms with Gasteiger partial charge in [0, 0.05) is 6.04 Å². The lowest BCUT2D eigenvalue weighted by atomic mass is 10.0. The molecular weight excluding hydrogens is 220 g/mol. The smallest absolute Gasteiger partial charge is 0.162 e. The van der Waals surface area contributed by atoms with E-state index in [9.17, 15) is 8.78 Å². The van der Waals surface area contributed by atoms with E-state index in [0.717, 1.165) is 31.9 Å². The van der Waals surface area contributed by atoms with Gasteiger partial charge in [-0.25, -0.2) is 8.78 Å². The van der Waals surface area contributed by atoms with Crippen molar-refractivity contribution in [2.45, 2.75) is 45.6 Å². The van der Waals surface area contributed by atoms with Crippen LogP contribution in [-0.4, -0.2) is 12.6 Å². The van der Waals surface area contributed by atoms with Crippen LogP contribution in [-0.2, 0) is 6.42 Å². The monoisotopic (exact) mass is 241 g/mol. The number of rotatable bonds is 7. The number of nitrogens with one attached hydrogen (secondary N) is 1. The summed E-state index contributed by atoms with van der Waals surface area (Å²) in [5.74, 6) is -1.45. The van der Waals surface area contributed by atoms with E-state index in [2.05, 4.69) is 19.2 Å². The van der Waals surface area contributed by atoms with E-state index in [1.54, 1.807) is 12.1 Å².